The largest absolute Gasteiger partial charge is 0.394 e. The lowest BCUT2D eigenvalue weighted by Gasteiger charge is -2.40. The molecule has 9 unspecified atom stereocenters. The van der Waals surface area contributed by atoms with E-state index in [2.05, 4.69) is 31.3 Å². The molecule has 9 atom stereocenters. The van der Waals surface area contributed by atoms with Crippen molar-refractivity contribution in [2.75, 3.05) is 13.2 Å². The summed E-state index contributed by atoms with van der Waals surface area (Å²) in [7, 11) is 0. The van der Waals surface area contributed by atoms with Crippen LogP contribution in [-0.4, -0.2) is 110 Å². The molecule has 11 nitrogen and oxygen atoms in total. The van der Waals surface area contributed by atoms with Gasteiger partial charge in [-0.05, 0) is 38.5 Å². The van der Waals surface area contributed by atoms with Gasteiger partial charge in [0.1, 0.15) is 36.6 Å². The maximum atomic E-state index is 13.3. The molecule has 1 rings (SSSR count). The quantitative estimate of drug-likeness (QED) is 0.0215. The van der Waals surface area contributed by atoms with Gasteiger partial charge >= 0.3 is 0 Å². The number of unbranched alkanes of at least 4 members (excludes halogenated alkanes) is 51. The summed E-state index contributed by atoms with van der Waals surface area (Å²) in [5.74, 6) is -0.692. The van der Waals surface area contributed by atoms with E-state index in [0.29, 0.717) is 19.3 Å². The predicted molar refractivity (Wildman–Crippen MR) is 349 cm³/mol. The molecule has 1 aliphatic heterocycles. The van der Waals surface area contributed by atoms with Gasteiger partial charge in [0, 0.05) is 0 Å². The van der Waals surface area contributed by atoms with Crippen molar-refractivity contribution < 1.29 is 50.0 Å². The second-order valence-electron chi connectivity index (χ2n) is 26.0. The van der Waals surface area contributed by atoms with Crippen LogP contribution in [0.15, 0.2) is 12.2 Å². The average Bonchev–Trinajstić information content (AvgIpc) is 3.68. The number of carbonyl (C=O) groups excluding carboxylic acids is 1. The molecule has 0 radical (unpaired) electrons. The van der Waals surface area contributed by atoms with Crippen molar-refractivity contribution in [2.24, 2.45) is 0 Å². The number of hydrogen-bond donors (Lipinski definition) is 8. The Labute approximate surface area is 512 Å². The van der Waals surface area contributed by atoms with Crippen LogP contribution in [0.4, 0.5) is 0 Å². The van der Waals surface area contributed by atoms with Crippen LogP contribution in [0.1, 0.15) is 373 Å². The highest BCUT2D eigenvalue weighted by Crippen LogP contribution is 2.24. The molecule has 83 heavy (non-hydrogen) atoms. The Morgan fingerprint density at radius 2 is 0.699 bits per heavy atom. The smallest absolute Gasteiger partial charge is 0.249 e. The lowest BCUT2D eigenvalue weighted by atomic mass is 9.98. The first kappa shape index (κ1) is 79.9. The van der Waals surface area contributed by atoms with Crippen LogP contribution in [0.2, 0.25) is 0 Å². The number of ether oxygens (including phenoxy) is 2. The molecule has 494 valence electrons. The van der Waals surface area contributed by atoms with Gasteiger partial charge in [0.15, 0.2) is 6.29 Å². The topological polar surface area (TPSA) is 189 Å². The van der Waals surface area contributed by atoms with Crippen molar-refractivity contribution >= 4 is 5.91 Å². The van der Waals surface area contributed by atoms with E-state index in [4.69, 9.17) is 9.47 Å². The van der Waals surface area contributed by atoms with Gasteiger partial charge in [0.25, 0.3) is 0 Å². The third-order valence-corrected chi connectivity index (χ3v) is 18.1. The second kappa shape index (κ2) is 61.1. The van der Waals surface area contributed by atoms with Crippen molar-refractivity contribution in [1.29, 1.82) is 0 Å². The summed E-state index contributed by atoms with van der Waals surface area (Å²) in [5, 5.41) is 76.6. The van der Waals surface area contributed by atoms with E-state index in [9.17, 15) is 40.5 Å². The van der Waals surface area contributed by atoms with Gasteiger partial charge in [-0.3, -0.25) is 4.79 Å². The second-order valence-corrected chi connectivity index (χ2v) is 26.0. The first-order valence-electron chi connectivity index (χ1n) is 36.6. The maximum absolute atomic E-state index is 13.3. The molecule has 1 fully saturated rings. The number of carbonyl (C=O) groups is 1. The van der Waals surface area contributed by atoms with Crippen molar-refractivity contribution in [3.63, 3.8) is 0 Å². The number of allylic oxidation sites excluding steroid dienone is 2. The Bertz CT molecular complexity index is 1350. The molecule has 0 aromatic rings. The molecule has 8 N–H and O–H groups in total. The SMILES string of the molecule is CCCCCCCCCCCCCC/C=C\CCCCCCCCCCC(O)C(=O)NC(COC1OC(CO)C(O)C(O)C1O)C(O)C(O)CCCCCCCCCCCCCCCCCCCCCCCCCCCCCCCCCC. The summed E-state index contributed by atoms with van der Waals surface area (Å²) in [4.78, 5) is 13.3. The molecule has 0 spiro atoms. The molecule has 0 saturated carbocycles. The molecule has 0 aromatic carbocycles. The Hall–Kier alpha value is -1.15. The van der Waals surface area contributed by atoms with Crippen LogP contribution in [0.25, 0.3) is 0 Å². The Morgan fingerprint density at radius 1 is 0.410 bits per heavy atom. The minimum Gasteiger partial charge on any atom is -0.394 e. The van der Waals surface area contributed by atoms with E-state index in [0.717, 1.165) is 44.9 Å². The zero-order valence-corrected chi connectivity index (χ0v) is 54.7. The lowest BCUT2D eigenvalue weighted by molar-refractivity contribution is -0.303. The average molecular weight is 1180 g/mol. The molecule has 0 bridgehead atoms. The molecular formula is C72H141NO10. The lowest BCUT2D eigenvalue weighted by Crippen LogP contribution is -2.60. The highest BCUT2D eigenvalue weighted by molar-refractivity contribution is 5.80. The van der Waals surface area contributed by atoms with Crippen LogP contribution >= 0.6 is 0 Å². The van der Waals surface area contributed by atoms with E-state index in [1.54, 1.807) is 0 Å². The van der Waals surface area contributed by atoms with Gasteiger partial charge in [-0.25, -0.2) is 0 Å². The highest BCUT2D eigenvalue weighted by atomic mass is 16.7. The van der Waals surface area contributed by atoms with E-state index in [-0.39, 0.29) is 6.42 Å². The third kappa shape index (κ3) is 48.5. The van der Waals surface area contributed by atoms with Crippen LogP contribution < -0.4 is 5.32 Å². The van der Waals surface area contributed by atoms with Crippen molar-refractivity contribution in [1.82, 2.24) is 5.32 Å². The molecule has 0 aromatic heterocycles. The van der Waals surface area contributed by atoms with E-state index in [1.165, 1.54) is 289 Å². The summed E-state index contributed by atoms with van der Waals surface area (Å²) >= 11 is 0. The number of rotatable bonds is 65. The fourth-order valence-corrected chi connectivity index (χ4v) is 12.2. The predicted octanol–water partition coefficient (Wildman–Crippen LogP) is 17.8. The van der Waals surface area contributed by atoms with Crippen LogP contribution in [0.5, 0.6) is 0 Å². The minimum atomic E-state index is -1.66. The van der Waals surface area contributed by atoms with Gasteiger partial charge < -0.3 is 50.5 Å². The summed E-state index contributed by atoms with van der Waals surface area (Å²) < 4.78 is 11.2. The monoisotopic (exact) mass is 1180 g/mol. The molecule has 1 heterocycles. The van der Waals surface area contributed by atoms with Crippen LogP contribution in [-0.2, 0) is 14.3 Å². The molecule has 1 aliphatic rings. The van der Waals surface area contributed by atoms with Crippen LogP contribution in [0, 0.1) is 0 Å². The summed E-state index contributed by atoms with van der Waals surface area (Å²) in [6, 6.07) is -1.17. The Kier molecular flexibility index (Phi) is 58.8. The van der Waals surface area contributed by atoms with Gasteiger partial charge in [0.05, 0.1) is 25.4 Å². The molecule has 0 aliphatic carbocycles. The first-order valence-corrected chi connectivity index (χ1v) is 36.6. The maximum Gasteiger partial charge on any atom is 0.249 e. The number of hydrogen-bond acceptors (Lipinski definition) is 10. The number of aliphatic hydroxyl groups is 7. The van der Waals surface area contributed by atoms with Crippen molar-refractivity contribution in [3.05, 3.63) is 12.2 Å². The van der Waals surface area contributed by atoms with Crippen molar-refractivity contribution in [3.8, 4) is 0 Å². The number of amides is 1. The van der Waals surface area contributed by atoms with Gasteiger partial charge in [-0.1, -0.05) is 347 Å². The normalized spacial score (nSPS) is 19.0. The number of nitrogens with one attached hydrogen (secondary N) is 1. The number of aliphatic hydroxyl groups excluding tert-OH is 7. The minimum absolute atomic E-state index is 0.260. The molecule has 11 heteroatoms. The van der Waals surface area contributed by atoms with Crippen LogP contribution in [0.3, 0.4) is 0 Å². The van der Waals surface area contributed by atoms with E-state index >= 15 is 0 Å². The zero-order valence-electron chi connectivity index (χ0n) is 54.7. The Balaban J connectivity index is 2.17. The van der Waals surface area contributed by atoms with E-state index in [1.807, 2.05) is 0 Å². The van der Waals surface area contributed by atoms with Crippen molar-refractivity contribution in [2.45, 2.75) is 428 Å². The summed E-state index contributed by atoms with van der Waals surface area (Å²) in [5.41, 5.74) is 0. The molecule has 1 amide bonds. The summed E-state index contributed by atoms with van der Waals surface area (Å²) in [6.45, 7) is 3.52. The van der Waals surface area contributed by atoms with E-state index < -0.39 is 74.2 Å². The van der Waals surface area contributed by atoms with Gasteiger partial charge in [0.2, 0.25) is 5.91 Å². The zero-order chi connectivity index (χ0) is 60.3. The van der Waals surface area contributed by atoms with Gasteiger partial charge in [-0.2, -0.15) is 0 Å². The third-order valence-electron chi connectivity index (χ3n) is 18.1. The fourth-order valence-electron chi connectivity index (χ4n) is 12.2. The van der Waals surface area contributed by atoms with Gasteiger partial charge in [-0.15, -0.1) is 0 Å². The first-order chi connectivity index (χ1) is 40.7. The molecular weight excluding hydrogens is 1040 g/mol. The standard InChI is InChI=1S/C72H141NO10/c1-3-5-7-9-11-13-15-17-19-21-23-25-27-29-30-31-32-33-34-35-36-38-39-41-43-45-47-49-51-53-55-57-59-64(75)67(77)63(62-82-72-70(80)69(79)68(78)66(61-74)83-72)73-71(81)65(76)60-58-56-54-52-50-48-46-44-42-40-37-28-26-24-22-20-18-16-14-12-10-8-6-4-2/h37,40,63-70,72,74-80H,3-36,38-39,41-62H2,1-2H3,(H,73,81)/b40-37-. The Morgan fingerprint density at radius 3 is 1.01 bits per heavy atom. The highest BCUT2D eigenvalue weighted by Gasteiger charge is 2.44. The fraction of sp³-hybridized carbons (Fsp3) is 0.958. The molecule has 1 saturated heterocycles. The summed E-state index contributed by atoms with van der Waals surface area (Å²) in [6.07, 6.45) is 64.4.